The Labute approximate surface area is 135 Å². The Morgan fingerprint density at radius 2 is 2.00 bits per heavy atom. The first-order valence-electron chi connectivity index (χ1n) is 7.37. The highest BCUT2D eigenvalue weighted by molar-refractivity contribution is 5.83. The van der Waals surface area contributed by atoms with E-state index >= 15 is 0 Å². The Kier molecular flexibility index (Phi) is 4.19. The van der Waals surface area contributed by atoms with E-state index in [4.69, 9.17) is 0 Å². The summed E-state index contributed by atoms with van der Waals surface area (Å²) in [5, 5.41) is 6.23. The maximum absolute atomic E-state index is 10.7. The van der Waals surface area contributed by atoms with Gasteiger partial charge in [-0.3, -0.25) is 9.80 Å². The Balaban J connectivity index is 2.05. The molecular formula is C18H18N4O. The largest absolute Gasteiger partial charge is 0.363 e. The summed E-state index contributed by atoms with van der Waals surface area (Å²) in [6.45, 7) is 0. The molecule has 0 radical (unpaired) electrons. The van der Waals surface area contributed by atoms with E-state index < -0.39 is 0 Å². The average Bonchev–Trinajstić information content (AvgIpc) is 2.59. The zero-order valence-electron chi connectivity index (χ0n) is 13.1. The van der Waals surface area contributed by atoms with E-state index in [-0.39, 0.29) is 6.04 Å². The molecule has 0 N–H and O–H groups in total. The number of rotatable bonds is 4. The van der Waals surface area contributed by atoms with Crippen molar-refractivity contribution < 1.29 is 4.79 Å². The van der Waals surface area contributed by atoms with Crippen LogP contribution in [0.3, 0.4) is 0 Å². The number of carbonyl (C=O) groups is 1. The van der Waals surface area contributed by atoms with Crippen LogP contribution in [0, 0.1) is 0 Å². The van der Waals surface area contributed by atoms with Crippen molar-refractivity contribution in [3.63, 3.8) is 0 Å². The van der Waals surface area contributed by atoms with Crippen LogP contribution in [-0.4, -0.2) is 36.6 Å². The highest BCUT2D eigenvalue weighted by atomic mass is 16.1. The van der Waals surface area contributed by atoms with Crippen LogP contribution >= 0.6 is 0 Å². The highest BCUT2D eigenvalue weighted by Gasteiger charge is 2.25. The van der Waals surface area contributed by atoms with Crippen molar-refractivity contribution in [3.05, 3.63) is 71.6 Å². The van der Waals surface area contributed by atoms with Crippen LogP contribution in [0.15, 0.2) is 60.0 Å². The summed E-state index contributed by atoms with van der Waals surface area (Å²) < 4.78 is 0. The minimum Gasteiger partial charge on any atom is -0.363 e. The second kappa shape index (κ2) is 6.44. The number of hydrazone groups is 1. The van der Waals surface area contributed by atoms with Crippen LogP contribution in [0.25, 0.3) is 0 Å². The highest BCUT2D eigenvalue weighted by Crippen LogP contribution is 2.33. The molecule has 2 heterocycles. The zero-order valence-corrected chi connectivity index (χ0v) is 13.1. The van der Waals surface area contributed by atoms with Gasteiger partial charge in [0.2, 0.25) is 0 Å². The molecule has 0 aliphatic carbocycles. The second-order valence-electron chi connectivity index (χ2n) is 5.48. The molecule has 1 aliphatic rings. The van der Waals surface area contributed by atoms with Gasteiger partial charge in [0.15, 0.2) is 0 Å². The number of carbonyl (C=O) groups excluding carboxylic acids is 1. The van der Waals surface area contributed by atoms with E-state index in [2.05, 4.69) is 16.2 Å². The molecule has 5 heteroatoms. The Hall–Kier alpha value is -2.95. The van der Waals surface area contributed by atoms with E-state index in [0.29, 0.717) is 0 Å². The van der Waals surface area contributed by atoms with Crippen LogP contribution in [0.4, 0.5) is 5.82 Å². The van der Waals surface area contributed by atoms with Crippen molar-refractivity contribution in [2.45, 2.75) is 6.04 Å². The first-order chi connectivity index (χ1) is 11.2. The van der Waals surface area contributed by atoms with Crippen molar-refractivity contribution >= 4 is 18.3 Å². The molecule has 3 rings (SSSR count). The third kappa shape index (κ3) is 2.99. The second-order valence-corrected chi connectivity index (χ2v) is 5.48. The van der Waals surface area contributed by atoms with E-state index in [0.717, 1.165) is 28.8 Å². The van der Waals surface area contributed by atoms with Gasteiger partial charge in [0, 0.05) is 32.1 Å². The van der Waals surface area contributed by atoms with Crippen LogP contribution in [0.5, 0.6) is 0 Å². The quantitative estimate of drug-likeness (QED) is 0.643. The summed E-state index contributed by atoms with van der Waals surface area (Å²) in [5.74, 6) is 0.899. The molecule has 0 saturated carbocycles. The fourth-order valence-electron chi connectivity index (χ4n) is 2.62. The fourth-order valence-corrected chi connectivity index (χ4v) is 2.62. The first kappa shape index (κ1) is 15.0. The summed E-state index contributed by atoms with van der Waals surface area (Å²) in [6.07, 6.45) is 7.55. The summed E-state index contributed by atoms with van der Waals surface area (Å²) in [4.78, 5) is 17.1. The lowest BCUT2D eigenvalue weighted by molar-refractivity contribution is -0.104. The molecule has 5 nitrogen and oxygen atoms in total. The third-order valence-corrected chi connectivity index (χ3v) is 3.75. The molecule has 1 atom stereocenters. The van der Waals surface area contributed by atoms with Gasteiger partial charge in [0.05, 0.1) is 6.21 Å². The van der Waals surface area contributed by atoms with Crippen LogP contribution in [-0.2, 0) is 4.79 Å². The number of pyridine rings is 1. The lowest BCUT2D eigenvalue weighted by Crippen LogP contribution is -2.25. The number of aldehydes is 1. The summed E-state index contributed by atoms with van der Waals surface area (Å²) in [7, 11) is 3.92. The smallest absolute Gasteiger partial charge is 0.144 e. The molecule has 1 aromatic heterocycles. The molecule has 116 valence electrons. The van der Waals surface area contributed by atoms with Gasteiger partial charge < -0.3 is 4.90 Å². The number of nitrogens with zero attached hydrogens (tertiary/aromatic N) is 4. The molecule has 0 bridgehead atoms. The van der Waals surface area contributed by atoms with E-state index in [1.54, 1.807) is 11.2 Å². The Morgan fingerprint density at radius 3 is 2.70 bits per heavy atom. The van der Waals surface area contributed by atoms with Gasteiger partial charge >= 0.3 is 0 Å². The van der Waals surface area contributed by atoms with E-state index in [1.165, 1.54) is 6.08 Å². The maximum atomic E-state index is 10.7. The summed E-state index contributed by atoms with van der Waals surface area (Å²) >= 11 is 0. The molecule has 1 aromatic carbocycles. The van der Waals surface area contributed by atoms with Gasteiger partial charge in [-0.2, -0.15) is 5.10 Å². The SMILES string of the molecule is CN(C)c1ccc(C2c3ccccc3C=NN2C=CC=O)cn1. The van der Waals surface area contributed by atoms with Gasteiger partial charge in [0.25, 0.3) is 0 Å². The lowest BCUT2D eigenvalue weighted by atomic mass is 9.94. The molecule has 23 heavy (non-hydrogen) atoms. The number of benzene rings is 1. The number of allylic oxidation sites excluding steroid dienone is 1. The maximum Gasteiger partial charge on any atom is 0.144 e. The Morgan fingerprint density at radius 1 is 1.17 bits per heavy atom. The minimum atomic E-state index is -0.101. The van der Waals surface area contributed by atoms with Gasteiger partial charge in [-0.25, -0.2) is 4.98 Å². The predicted molar refractivity (Wildman–Crippen MR) is 91.5 cm³/mol. The monoisotopic (exact) mass is 306 g/mol. The van der Waals surface area contributed by atoms with Crippen molar-refractivity contribution in [3.8, 4) is 0 Å². The number of hydrogen-bond acceptors (Lipinski definition) is 5. The van der Waals surface area contributed by atoms with Gasteiger partial charge in [-0.05, 0) is 23.3 Å². The van der Waals surface area contributed by atoms with Gasteiger partial charge in [-0.1, -0.05) is 30.3 Å². The molecule has 1 aliphatic heterocycles. The van der Waals surface area contributed by atoms with Crippen LogP contribution in [0.1, 0.15) is 22.7 Å². The fraction of sp³-hybridized carbons (Fsp3) is 0.167. The topological polar surface area (TPSA) is 48.8 Å². The Bertz CT molecular complexity index is 750. The van der Waals surface area contributed by atoms with Crippen LogP contribution < -0.4 is 4.90 Å². The molecule has 0 saturated heterocycles. The summed E-state index contributed by atoms with van der Waals surface area (Å²) in [5.41, 5.74) is 3.23. The van der Waals surface area contributed by atoms with Crippen molar-refractivity contribution in [1.29, 1.82) is 0 Å². The normalized spacial score (nSPS) is 16.4. The van der Waals surface area contributed by atoms with Crippen molar-refractivity contribution in [2.75, 3.05) is 19.0 Å². The molecule has 0 fully saturated rings. The lowest BCUT2D eigenvalue weighted by Gasteiger charge is -2.31. The predicted octanol–water partition coefficient (Wildman–Crippen LogP) is 2.60. The standard InChI is InChI=1S/C18H18N4O/c1-21(2)17-9-8-15(12-19-17)18-16-7-4-3-6-14(16)13-20-22(18)10-5-11-23/h3-13,18H,1-2H3. The molecular weight excluding hydrogens is 288 g/mol. The first-order valence-corrected chi connectivity index (χ1v) is 7.37. The van der Waals surface area contributed by atoms with Gasteiger partial charge in [-0.15, -0.1) is 0 Å². The third-order valence-electron chi connectivity index (χ3n) is 3.75. The van der Waals surface area contributed by atoms with E-state index in [9.17, 15) is 4.79 Å². The number of aromatic nitrogens is 1. The van der Waals surface area contributed by atoms with Gasteiger partial charge in [0.1, 0.15) is 18.1 Å². The zero-order chi connectivity index (χ0) is 16.2. The molecule has 0 spiro atoms. The van der Waals surface area contributed by atoms with E-state index in [1.807, 2.05) is 61.7 Å². The van der Waals surface area contributed by atoms with Crippen LogP contribution in [0.2, 0.25) is 0 Å². The summed E-state index contributed by atoms with van der Waals surface area (Å²) in [6, 6.07) is 12.0. The molecule has 0 amide bonds. The van der Waals surface area contributed by atoms with Crippen molar-refractivity contribution in [1.82, 2.24) is 9.99 Å². The molecule has 2 aromatic rings. The number of hydrogen-bond donors (Lipinski definition) is 0. The van der Waals surface area contributed by atoms with Crippen molar-refractivity contribution in [2.24, 2.45) is 5.10 Å². The number of anilines is 1. The average molecular weight is 306 g/mol. The minimum absolute atomic E-state index is 0.101. The molecule has 1 unspecified atom stereocenters. The number of fused-ring (bicyclic) bond motifs is 1.